The maximum absolute atomic E-state index is 13.6. The molecule has 35 heavy (non-hydrogen) atoms. The second-order valence-electron chi connectivity index (χ2n) is 7.08. The molecule has 0 bridgehead atoms. The molecule has 186 valence electrons. The third-order valence-electron chi connectivity index (χ3n) is 4.95. The summed E-state index contributed by atoms with van der Waals surface area (Å²) in [6.07, 6.45) is 0. The van der Waals surface area contributed by atoms with Crippen LogP contribution in [0.5, 0.6) is 0 Å². The quantitative estimate of drug-likeness (QED) is 0.0798. The highest BCUT2D eigenvalue weighted by Gasteiger charge is 2.18. The molecule has 1 heterocycles. The minimum absolute atomic E-state index is 0. The molecule has 4 aromatic rings. The molecular formula is C20H24Cl2N10O2S. The van der Waals surface area contributed by atoms with Gasteiger partial charge < -0.3 is 22.9 Å². The van der Waals surface area contributed by atoms with Crippen LogP contribution in [0.4, 0.5) is 0 Å². The summed E-state index contributed by atoms with van der Waals surface area (Å²) in [4.78, 5) is 44.1. The second kappa shape index (κ2) is 11.6. The molecule has 10 N–H and O–H groups in total. The van der Waals surface area contributed by atoms with Crippen LogP contribution in [-0.4, -0.2) is 46.8 Å². The molecular weight excluding hydrogens is 515 g/mol. The van der Waals surface area contributed by atoms with Crippen molar-refractivity contribution < 1.29 is 0 Å². The molecule has 4 rings (SSSR count). The minimum Gasteiger partial charge on any atom is -0.370 e. The maximum Gasteiger partial charge on any atom is 0.196 e. The van der Waals surface area contributed by atoms with Gasteiger partial charge in [0.05, 0.1) is 47.7 Å². The van der Waals surface area contributed by atoms with Crippen molar-refractivity contribution in [1.29, 1.82) is 0 Å². The molecule has 0 aliphatic heterocycles. The summed E-state index contributed by atoms with van der Waals surface area (Å²) in [5.74, 6) is -0.106. The molecule has 12 nitrogen and oxygen atoms in total. The molecule has 0 unspecified atom stereocenters. The lowest BCUT2D eigenvalue weighted by atomic mass is 10.00. The number of guanidine groups is 2. The normalized spacial score (nSPS) is 11.9. The average molecular weight is 539 g/mol. The summed E-state index contributed by atoms with van der Waals surface area (Å²) < 4.78 is 6.22. The fraction of sp³-hybridized carbons (Fsp3) is 0.200. The number of halogens is 2. The number of hydrogen-bond donors (Lipinski definition) is 6. The van der Waals surface area contributed by atoms with E-state index in [0.717, 1.165) is 0 Å². The molecule has 1 aromatic heterocycles. The van der Waals surface area contributed by atoms with Gasteiger partial charge in [-0.2, -0.15) is 0 Å². The van der Waals surface area contributed by atoms with Crippen molar-refractivity contribution in [3.05, 3.63) is 55.4 Å². The van der Waals surface area contributed by atoms with Crippen LogP contribution in [0, 0.1) is 0 Å². The van der Waals surface area contributed by atoms with Crippen LogP contribution >= 0.6 is 36.5 Å². The van der Waals surface area contributed by atoms with Crippen molar-refractivity contribution in [3.8, 4) is 0 Å². The van der Waals surface area contributed by atoms with E-state index in [9.17, 15) is 9.59 Å². The molecule has 0 saturated heterocycles. The third-order valence-corrected chi connectivity index (χ3v) is 5.56. The maximum atomic E-state index is 13.6. The van der Waals surface area contributed by atoms with Gasteiger partial charge in [0, 0.05) is 22.5 Å². The molecule has 0 atom stereocenters. The first-order valence-electron chi connectivity index (χ1n) is 9.96. The summed E-state index contributed by atoms with van der Waals surface area (Å²) >= 11 is 1.19. The van der Waals surface area contributed by atoms with Gasteiger partial charge in [-0.25, -0.2) is 0 Å². The van der Waals surface area contributed by atoms with Gasteiger partial charge in [-0.05, 0) is 0 Å². The highest BCUT2D eigenvalue weighted by atomic mass is 35.5. The summed E-state index contributed by atoms with van der Waals surface area (Å²) in [6.45, 7) is 0.895. The van der Waals surface area contributed by atoms with E-state index in [4.69, 9.17) is 22.9 Å². The van der Waals surface area contributed by atoms with Gasteiger partial charge in [0.25, 0.3) is 0 Å². The Hall–Kier alpha value is -3.68. The largest absolute Gasteiger partial charge is 0.370 e. The molecule has 0 aliphatic rings. The van der Waals surface area contributed by atoms with Crippen LogP contribution in [0.2, 0.25) is 0 Å². The Balaban J connectivity index is 0.00000216. The van der Waals surface area contributed by atoms with Crippen molar-refractivity contribution in [2.45, 2.75) is 0 Å². The Morgan fingerprint density at radius 2 is 1.11 bits per heavy atom. The van der Waals surface area contributed by atoms with Gasteiger partial charge in [0.2, 0.25) is 0 Å². The van der Waals surface area contributed by atoms with E-state index in [2.05, 4.69) is 28.7 Å². The Morgan fingerprint density at radius 3 is 1.49 bits per heavy atom. The molecule has 0 aliphatic carbocycles. The SMILES string of the molecule is Cl.Cl.NC(N)=NCCN=c1c2[nH]s[nH]c2c(=NCCN=C(N)N)c2c(=O)c3ccccc3c(=O)c12. The summed E-state index contributed by atoms with van der Waals surface area (Å²) in [6, 6.07) is 6.69. The molecule has 0 fully saturated rings. The smallest absolute Gasteiger partial charge is 0.196 e. The fourth-order valence-electron chi connectivity index (χ4n) is 3.64. The van der Waals surface area contributed by atoms with E-state index in [1.165, 1.54) is 11.7 Å². The number of fused-ring (bicyclic) bond motifs is 3. The number of aliphatic imine (C=N–C) groups is 2. The summed E-state index contributed by atoms with van der Waals surface area (Å²) in [7, 11) is 0. The van der Waals surface area contributed by atoms with Gasteiger partial charge in [-0.1, -0.05) is 24.3 Å². The zero-order valence-electron chi connectivity index (χ0n) is 18.3. The predicted molar refractivity (Wildman–Crippen MR) is 146 cm³/mol. The van der Waals surface area contributed by atoms with Crippen molar-refractivity contribution >= 4 is 81.0 Å². The van der Waals surface area contributed by atoms with Crippen molar-refractivity contribution in [2.24, 2.45) is 42.9 Å². The molecule has 0 radical (unpaired) electrons. The Labute approximate surface area is 214 Å². The van der Waals surface area contributed by atoms with E-state index in [1.54, 1.807) is 24.3 Å². The Kier molecular flexibility index (Phi) is 9.17. The molecule has 0 spiro atoms. The van der Waals surface area contributed by atoms with E-state index in [1.807, 2.05) is 0 Å². The van der Waals surface area contributed by atoms with E-state index in [0.29, 0.717) is 32.5 Å². The van der Waals surface area contributed by atoms with Gasteiger partial charge in [0.15, 0.2) is 22.8 Å². The number of rotatable bonds is 6. The van der Waals surface area contributed by atoms with Crippen LogP contribution in [0.15, 0.2) is 53.8 Å². The van der Waals surface area contributed by atoms with Crippen LogP contribution < -0.4 is 44.5 Å². The molecule has 0 saturated carbocycles. The van der Waals surface area contributed by atoms with Gasteiger partial charge in [-0.3, -0.25) is 38.3 Å². The lowest BCUT2D eigenvalue weighted by Gasteiger charge is -2.04. The summed E-state index contributed by atoms with van der Waals surface area (Å²) in [5, 5.41) is 1.75. The molecule has 0 amide bonds. The van der Waals surface area contributed by atoms with Crippen LogP contribution in [0.1, 0.15) is 0 Å². The third kappa shape index (κ3) is 5.37. The Bertz CT molecular complexity index is 1540. The number of H-pyrrole nitrogens is 2. The number of nitrogens with two attached hydrogens (primary N) is 4. The number of nitrogens with one attached hydrogen (secondary N) is 2. The zero-order chi connectivity index (χ0) is 23.5. The van der Waals surface area contributed by atoms with E-state index in [-0.39, 0.29) is 84.5 Å². The van der Waals surface area contributed by atoms with Crippen molar-refractivity contribution in [2.75, 3.05) is 26.2 Å². The first-order valence-corrected chi connectivity index (χ1v) is 10.8. The lowest BCUT2D eigenvalue weighted by Crippen LogP contribution is -2.29. The van der Waals surface area contributed by atoms with Crippen molar-refractivity contribution in [3.63, 3.8) is 0 Å². The minimum atomic E-state index is -0.303. The zero-order valence-corrected chi connectivity index (χ0v) is 20.7. The second-order valence-corrected chi connectivity index (χ2v) is 7.70. The van der Waals surface area contributed by atoms with Gasteiger partial charge in [-0.15, -0.1) is 24.8 Å². The fourth-order valence-corrected chi connectivity index (χ4v) is 4.29. The van der Waals surface area contributed by atoms with Crippen LogP contribution in [0.25, 0.3) is 32.6 Å². The number of aromatic nitrogens is 2. The monoisotopic (exact) mass is 538 g/mol. The van der Waals surface area contributed by atoms with E-state index >= 15 is 0 Å². The predicted octanol–water partition coefficient (Wildman–Crippen LogP) is -0.786. The average Bonchev–Trinajstić information content (AvgIpc) is 3.27. The highest BCUT2D eigenvalue weighted by molar-refractivity contribution is 7.00. The number of hydrogen-bond acceptors (Lipinski definition) is 7. The van der Waals surface area contributed by atoms with E-state index < -0.39 is 0 Å². The number of nitrogens with zero attached hydrogens (tertiary/aromatic N) is 4. The Morgan fingerprint density at radius 1 is 0.714 bits per heavy atom. The standard InChI is InChI=1S/C20H22N10O2S.2ClH/c21-19(22)27-7-5-25-13-11-12(18(32)10-4-2-1-3-9(10)17(11)31)14(16-15(13)29-33-30-16)26-6-8-28-20(23)24;;/h1-4,29-30H,5-8H2,(H4,21,22,27)(H4,23,24,28);2*1H. The van der Waals surface area contributed by atoms with Crippen LogP contribution in [0.3, 0.4) is 0 Å². The number of benzene rings is 3. The first kappa shape index (κ1) is 27.6. The summed E-state index contributed by atoms with van der Waals surface area (Å²) in [5.41, 5.74) is 22.1. The van der Waals surface area contributed by atoms with Gasteiger partial charge >= 0.3 is 0 Å². The highest BCUT2D eigenvalue weighted by Crippen LogP contribution is 2.12. The lowest BCUT2D eigenvalue weighted by molar-refractivity contribution is 0.939. The van der Waals surface area contributed by atoms with Crippen molar-refractivity contribution in [1.82, 2.24) is 8.75 Å². The first-order chi connectivity index (χ1) is 15.9. The molecule has 15 heteroatoms. The van der Waals surface area contributed by atoms with Gasteiger partial charge in [0.1, 0.15) is 11.0 Å². The number of aromatic amines is 2. The molecule has 3 aromatic carbocycles. The topological polar surface area (TPSA) is 219 Å². The van der Waals surface area contributed by atoms with Crippen LogP contribution in [-0.2, 0) is 0 Å².